The van der Waals surface area contributed by atoms with Crippen molar-refractivity contribution in [1.29, 1.82) is 0 Å². The second kappa shape index (κ2) is 7.61. The predicted octanol–water partition coefficient (Wildman–Crippen LogP) is 5.77. The first kappa shape index (κ1) is 16.6. The van der Waals surface area contributed by atoms with Crippen LogP contribution in [-0.4, -0.2) is 22.5 Å². The molecular weight excluding hydrogens is 326 g/mol. The quantitative estimate of drug-likeness (QED) is 0.709. The van der Waals surface area contributed by atoms with E-state index in [0.29, 0.717) is 0 Å². The maximum Gasteiger partial charge on any atom is 0.0351 e. The topological polar surface area (TPSA) is 23.5 Å². The Labute approximate surface area is 154 Å². The number of nitrogens with zero attached hydrogens (tertiary/aromatic N) is 1. The van der Waals surface area contributed by atoms with Gasteiger partial charge in [-0.05, 0) is 53.7 Å². The zero-order chi connectivity index (χ0) is 17.1. The molecule has 1 aliphatic heterocycles. The predicted molar refractivity (Wildman–Crippen MR) is 106 cm³/mol. The molecule has 0 radical (unpaired) electrons. The molecule has 2 aliphatic rings. The van der Waals surface area contributed by atoms with Crippen molar-refractivity contribution in [2.45, 2.75) is 30.7 Å². The molecule has 0 amide bonds. The lowest BCUT2D eigenvalue weighted by Gasteiger charge is -2.31. The fourth-order valence-corrected chi connectivity index (χ4v) is 3.99. The van der Waals surface area contributed by atoms with Gasteiger partial charge < -0.3 is 4.55 Å². The third-order valence-corrected chi connectivity index (χ3v) is 5.65. The zero-order valence-corrected chi connectivity index (χ0v) is 15.1. The van der Waals surface area contributed by atoms with E-state index in [4.69, 9.17) is 4.55 Å². The SMILES string of the molecule is OSc1ccc(-c2ccc(CN3CCC4=C(C=CCC4)C3)cc2)cc1. The van der Waals surface area contributed by atoms with Gasteiger partial charge in [-0.3, -0.25) is 4.90 Å². The number of benzene rings is 2. The van der Waals surface area contributed by atoms with Gasteiger partial charge in [0.25, 0.3) is 0 Å². The van der Waals surface area contributed by atoms with Crippen molar-refractivity contribution in [1.82, 2.24) is 4.90 Å². The molecule has 0 unspecified atom stereocenters. The smallest absolute Gasteiger partial charge is 0.0351 e. The molecule has 2 nitrogen and oxygen atoms in total. The molecule has 1 heterocycles. The van der Waals surface area contributed by atoms with Crippen LogP contribution in [0.25, 0.3) is 11.1 Å². The summed E-state index contributed by atoms with van der Waals surface area (Å²) in [5.41, 5.74) is 7.01. The Bertz CT molecular complexity index is 790. The van der Waals surface area contributed by atoms with Crippen molar-refractivity contribution in [2.75, 3.05) is 13.1 Å². The van der Waals surface area contributed by atoms with E-state index in [-0.39, 0.29) is 0 Å². The minimum Gasteiger partial charge on any atom is -0.325 e. The molecule has 1 aliphatic carbocycles. The van der Waals surface area contributed by atoms with Gasteiger partial charge in [-0.2, -0.15) is 0 Å². The van der Waals surface area contributed by atoms with E-state index >= 15 is 0 Å². The van der Waals surface area contributed by atoms with Gasteiger partial charge in [0, 0.05) is 36.6 Å². The Kier molecular flexibility index (Phi) is 5.07. The molecular formula is C22H23NOS. The fourth-order valence-electron chi connectivity index (χ4n) is 3.73. The Morgan fingerprint density at radius 1 is 0.920 bits per heavy atom. The van der Waals surface area contributed by atoms with Gasteiger partial charge in [-0.15, -0.1) is 0 Å². The average molecular weight is 349 g/mol. The summed E-state index contributed by atoms with van der Waals surface area (Å²) in [5, 5.41) is 0. The standard InChI is InChI=1S/C22H23NOS/c24-25-22-11-9-20(10-12-22)19-7-5-17(6-8-19)15-23-14-13-18-3-1-2-4-21(18)16-23/h2,4-12,24H,1,3,13-16H2. The largest absolute Gasteiger partial charge is 0.325 e. The molecule has 0 saturated carbocycles. The van der Waals surface area contributed by atoms with Crippen LogP contribution in [0.15, 0.2) is 76.7 Å². The number of rotatable bonds is 4. The van der Waals surface area contributed by atoms with Gasteiger partial charge >= 0.3 is 0 Å². The minimum atomic E-state index is 0.788. The molecule has 2 aromatic carbocycles. The first-order chi connectivity index (χ1) is 12.3. The molecule has 3 heteroatoms. The van der Waals surface area contributed by atoms with E-state index < -0.39 is 0 Å². The second-order valence-electron chi connectivity index (χ2n) is 6.84. The summed E-state index contributed by atoms with van der Waals surface area (Å²) in [4.78, 5) is 3.42. The van der Waals surface area contributed by atoms with Gasteiger partial charge in [0.15, 0.2) is 0 Å². The van der Waals surface area contributed by atoms with Crippen molar-refractivity contribution in [3.63, 3.8) is 0 Å². The summed E-state index contributed by atoms with van der Waals surface area (Å²) in [7, 11) is 0. The van der Waals surface area contributed by atoms with Crippen LogP contribution in [0.4, 0.5) is 0 Å². The van der Waals surface area contributed by atoms with Gasteiger partial charge in [0.2, 0.25) is 0 Å². The van der Waals surface area contributed by atoms with E-state index in [1.54, 1.807) is 11.1 Å². The number of hydrogen-bond donors (Lipinski definition) is 1. The van der Waals surface area contributed by atoms with Crippen LogP contribution in [0, 0.1) is 0 Å². The van der Waals surface area contributed by atoms with Crippen molar-refractivity contribution >= 4 is 12.0 Å². The lowest BCUT2D eigenvalue weighted by molar-refractivity contribution is 0.277. The van der Waals surface area contributed by atoms with Crippen LogP contribution in [0.3, 0.4) is 0 Å². The lowest BCUT2D eigenvalue weighted by Crippen LogP contribution is -2.31. The molecule has 2 aromatic rings. The van der Waals surface area contributed by atoms with Crippen LogP contribution >= 0.6 is 12.0 Å². The third kappa shape index (κ3) is 3.90. The highest BCUT2D eigenvalue weighted by Crippen LogP contribution is 2.28. The molecule has 0 fully saturated rings. The normalized spacial score (nSPS) is 17.6. The fraction of sp³-hybridized carbons (Fsp3) is 0.273. The van der Waals surface area contributed by atoms with Crippen LogP contribution < -0.4 is 0 Å². The highest BCUT2D eigenvalue weighted by atomic mass is 32.2. The van der Waals surface area contributed by atoms with Crippen LogP contribution in [0.1, 0.15) is 24.8 Å². The van der Waals surface area contributed by atoms with Crippen LogP contribution in [-0.2, 0) is 6.54 Å². The van der Waals surface area contributed by atoms with E-state index in [2.05, 4.69) is 53.5 Å². The van der Waals surface area contributed by atoms with Crippen LogP contribution in [0.2, 0.25) is 0 Å². The monoisotopic (exact) mass is 349 g/mol. The molecule has 25 heavy (non-hydrogen) atoms. The maximum absolute atomic E-state index is 9.07. The summed E-state index contributed by atoms with van der Waals surface area (Å²) in [5.74, 6) is 0. The highest BCUT2D eigenvalue weighted by molar-refractivity contribution is 7.93. The molecule has 0 atom stereocenters. The van der Waals surface area contributed by atoms with Gasteiger partial charge in [-0.1, -0.05) is 54.1 Å². The van der Waals surface area contributed by atoms with Crippen molar-refractivity contribution in [2.24, 2.45) is 0 Å². The second-order valence-corrected chi connectivity index (χ2v) is 7.50. The Hall–Kier alpha value is -1.81. The van der Waals surface area contributed by atoms with Gasteiger partial charge in [0.05, 0.1) is 0 Å². The molecule has 4 rings (SSSR count). The van der Waals surface area contributed by atoms with Gasteiger partial charge in [0.1, 0.15) is 0 Å². The summed E-state index contributed by atoms with van der Waals surface area (Å²) in [6, 6.07) is 16.9. The van der Waals surface area contributed by atoms with Crippen molar-refractivity contribution in [3.05, 3.63) is 77.4 Å². The number of hydrogen-bond acceptors (Lipinski definition) is 3. The zero-order valence-electron chi connectivity index (χ0n) is 14.3. The lowest BCUT2D eigenvalue weighted by atomic mass is 9.91. The minimum absolute atomic E-state index is 0.788. The Morgan fingerprint density at radius 3 is 2.36 bits per heavy atom. The summed E-state index contributed by atoms with van der Waals surface area (Å²) in [6.07, 6.45) is 8.37. The molecule has 0 saturated heterocycles. The van der Waals surface area contributed by atoms with Crippen molar-refractivity contribution < 1.29 is 4.55 Å². The van der Waals surface area contributed by atoms with E-state index in [0.717, 1.165) is 30.0 Å². The molecule has 0 aromatic heterocycles. The summed E-state index contributed by atoms with van der Waals surface area (Å²) >= 11 is 0.788. The van der Waals surface area contributed by atoms with E-state index in [1.165, 1.54) is 42.5 Å². The highest BCUT2D eigenvalue weighted by Gasteiger charge is 2.18. The van der Waals surface area contributed by atoms with Crippen LogP contribution in [0.5, 0.6) is 0 Å². The Balaban J connectivity index is 1.42. The first-order valence-electron chi connectivity index (χ1n) is 8.92. The summed E-state index contributed by atoms with van der Waals surface area (Å²) < 4.78 is 9.07. The molecule has 0 bridgehead atoms. The molecule has 0 spiro atoms. The summed E-state index contributed by atoms with van der Waals surface area (Å²) in [6.45, 7) is 3.29. The molecule has 128 valence electrons. The number of allylic oxidation sites excluding steroid dienone is 1. The Morgan fingerprint density at radius 2 is 1.64 bits per heavy atom. The van der Waals surface area contributed by atoms with Crippen molar-refractivity contribution in [3.8, 4) is 11.1 Å². The van der Waals surface area contributed by atoms with E-state index in [9.17, 15) is 0 Å². The maximum atomic E-state index is 9.07. The first-order valence-corrected chi connectivity index (χ1v) is 9.70. The average Bonchev–Trinajstić information content (AvgIpc) is 2.69. The third-order valence-electron chi connectivity index (χ3n) is 5.16. The van der Waals surface area contributed by atoms with Gasteiger partial charge in [-0.25, -0.2) is 0 Å². The molecule has 1 N–H and O–H groups in total. The van der Waals surface area contributed by atoms with E-state index in [1.807, 2.05) is 12.1 Å².